The monoisotopic (exact) mass is 255 g/mol. The molecule has 0 aliphatic heterocycles. The van der Waals surface area contributed by atoms with E-state index >= 15 is 0 Å². The van der Waals surface area contributed by atoms with E-state index in [-0.39, 0.29) is 0 Å². The second-order valence-corrected chi connectivity index (χ2v) is 4.93. The molecule has 0 fully saturated rings. The number of rotatable bonds is 3. The number of hydrogen-bond acceptors (Lipinski definition) is 3. The minimum Gasteiger partial charge on any atom is -0.341 e. The zero-order chi connectivity index (χ0) is 12.4. The van der Waals surface area contributed by atoms with Gasteiger partial charge in [0, 0.05) is 23.7 Å². The molecule has 0 saturated heterocycles. The molecule has 0 bridgehead atoms. The van der Waals surface area contributed by atoms with Gasteiger partial charge < -0.3 is 4.98 Å². The maximum atomic E-state index is 4.71. The first kappa shape index (κ1) is 11.2. The number of aryl methyl sites for hydroxylation is 1. The molecule has 0 aliphatic rings. The first-order valence-electron chi connectivity index (χ1n) is 5.91. The van der Waals surface area contributed by atoms with Crippen LogP contribution in [0.15, 0.2) is 42.0 Å². The Labute approximate surface area is 110 Å². The molecule has 3 aromatic rings. The second-order valence-electron chi connectivity index (χ2n) is 3.99. The second kappa shape index (κ2) is 4.74. The minimum absolute atomic E-state index is 0.933. The van der Waals surface area contributed by atoms with E-state index in [0.717, 1.165) is 29.2 Å². The fourth-order valence-electron chi connectivity index (χ4n) is 1.94. The molecule has 1 N–H and O–H groups in total. The Hall–Kier alpha value is -1.94. The largest absolute Gasteiger partial charge is 0.341 e. The van der Waals surface area contributed by atoms with Crippen LogP contribution in [0.25, 0.3) is 22.0 Å². The summed E-state index contributed by atoms with van der Waals surface area (Å²) in [5.41, 5.74) is 3.23. The zero-order valence-corrected chi connectivity index (χ0v) is 10.9. The zero-order valence-electron chi connectivity index (χ0n) is 10.1. The molecule has 0 atom stereocenters. The number of aromatic nitrogens is 3. The Balaban J connectivity index is 2.10. The standard InChI is InChI=1S/C14H13N3S/c1-2-11-13(10-5-3-7-15-9-10)17-14(16-11)12-6-4-8-18-12/h3-9H,2H2,1H3,(H,16,17). The Kier molecular flexibility index (Phi) is 2.94. The van der Waals surface area contributed by atoms with Crippen LogP contribution < -0.4 is 0 Å². The lowest BCUT2D eigenvalue weighted by atomic mass is 10.1. The SMILES string of the molecule is CCc1[nH]c(-c2cccs2)nc1-c1cccnc1. The third kappa shape index (κ3) is 1.95. The Morgan fingerprint density at radius 1 is 1.28 bits per heavy atom. The number of nitrogens with zero attached hydrogens (tertiary/aromatic N) is 2. The number of hydrogen-bond donors (Lipinski definition) is 1. The number of imidazole rings is 1. The van der Waals surface area contributed by atoms with E-state index < -0.39 is 0 Å². The third-order valence-electron chi connectivity index (χ3n) is 2.82. The van der Waals surface area contributed by atoms with Crippen LogP contribution in [-0.2, 0) is 6.42 Å². The highest BCUT2D eigenvalue weighted by Crippen LogP contribution is 2.28. The fraction of sp³-hybridized carbons (Fsp3) is 0.143. The van der Waals surface area contributed by atoms with E-state index in [4.69, 9.17) is 4.98 Å². The molecule has 18 heavy (non-hydrogen) atoms. The predicted molar refractivity (Wildman–Crippen MR) is 74.5 cm³/mol. The molecule has 3 aromatic heterocycles. The molecule has 0 aliphatic carbocycles. The summed E-state index contributed by atoms with van der Waals surface area (Å²) < 4.78 is 0. The van der Waals surface area contributed by atoms with Crippen LogP contribution >= 0.6 is 11.3 Å². The van der Waals surface area contributed by atoms with Gasteiger partial charge in [-0.05, 0) is 30.0 Å². The minimum atomic E-state index is 0.933. The predicted octanol–water partition coefficient (Wildman–Crippen LogP) is 3.76. The summed E-state index contributed by atoms with van der Waals surface area (Å²) in [6, 6.07) is 8.10. The van der Waals surface area contributed by atoms with Crippen LogP contribution in [0.5, 0.6) is 0 Å². The van der Waals surface area contributed by atoms with E-state index in [9.17, 15) is 0 Å². The molecule has 0 saturated carbocycles. The molecule has 3 heterocycles. The van der Waals surface area contributed by atoms with Crippen LogP contribution in [0.2, 0.25) is 0 Å². The molecule has 0 radical (unpaired) electrons. The van der Waals surface area contributed by atoms with Crippen molar-refractivity contribution in [3.8, 4) is 22.0 Å². The highest BCUT2D eigenvalue weighted by Gasteiger charge is 2.12. The van der Waals surface area contributed by atoms with Gasteiger partial charge in [-0.3, -0.25) is 4.98 Å². The van der Waals surface area contributed by atoms with Crippen LogP contribution in [-0.4, -0.2) is 15.0 Å². The Bertz CT molecular complexity index is 626. The van der Waals surface area contributed by atoms with E-state index in [1.807, 2.05) is 24.4 Å². The Morgan fingerprint density at radius 3 is 2.89 bits per heavy atom. The van der Waals surface area contributed by atoms with E-state index in [2.05, 4.69) is 28.3 Å². The summed E-state index contributed by atoms with van der Waals surface area (Å²) in [6.07, 6.45) is 4.57. The van der Waals surface area contributed by atoms with Gasteiger partial charge in [-0.15, -0.1) is 11.3 Å². The van der Waals surface area contributed by atoms with Gasteiger partial charge in [0.15, 0.2) is 0 Å². The Morgan fingerprint density at radius 2 is 2.22 bits per heavy atom. The molecule has 0 amide bonds. The van der Waals surface area contributed by atoms with E-state index in [1.165, 1.54) is 4.88 Å². The smallest absolute Gasteiger partial charge is 0.148 e. The lowest BCUT2D eigenvalue weighted by Crippen LogP contribution is -1.86. The lowest BCUT2D eigenvalue weighted by molar-refractivity contribution is 1.07. The quantitative estimate of drug-likeness (QED) is 0.774. The lowest BCUT2D eigenvalue weighted by Gasteiger charge is -1.98. The van der Waals surface area contributed by atoms with Crippen molar-refractivity contribution in [1.82, 2.24) is 15.0 Å². The average molecular weight is 255 g/mol. The molecular weight excluding hydrogens is 242 g/mol. The molecule has 90 valence electrons. The number of pyridine rings is 1. The normalized spacial score (nSPS) is 10.7. The summed E-state index contributed by atoms with van der Waals surface area (Å²) in [5.74, 6) is 0.945. The van der Waals surface area contributed by atoms with Gasteiger partial charge in [0.2, 0.25) is 0 Å². The van der Waals surface area contributed by atoms with Gasteiger partial charge in [0.05, 0.1) is 10.6 Å². The molecular formula is C14H13N3S. The summed E-state index contributed by atoms with van der Waals surface area (Å²) in [5, 5.41) is 2.06. The first-order chi connectivity index (χ1) is 8.88. The van der Waals surface area contributed by atoms with Crippen molar-refractivity contribution >= 4 is 11.3 Å². The molecule has 0 unspecified atom stereocenters. The van der Waals surface area contributed by atoms with Crippen molar-refractivity contribution in [2.24, 2.45) is 0 Å². The van der Waals surface area contributed by atoms with E-state index in [0.29, 0.717) is 0 Å². The fourth-order valence-corrected chi connectivity index (χ4v) is 2.61. The van der Waals surface area contributed by atoms with Crippen LogP contribution in [0.4, 0.5) is 0 Å². The van der Waals surface area contributed by atoms with Gasteiger partial charge in [-0.1, -0.05) is 13.0 Å². The van der Waals surface area contributed by atoms with Crippen LogP contribution in [0.1, 0.15) is 12.6 Å². The summed E-state index contributed by atoms with van der Waals surface area (Å²) in [4.78, 5) is 13.4. The highest BCUT2D eigenvalue weighted by atomic mass is 32.1. The first-order valence-corrected chi connectivity index (χ1v) is 6.79. The number of aromatic amines is 1. The third-order valence-corrected chi connectivity index (χ3v) is 3.70. The number of H-pyrrole nitrogens is 1. The maximum absolute atomic E-state index is 4.71. The van der Waals surface area contributed by atoms with Gasteiger partial charge in [0.25, 0.3) is 0 Å². The van der Waals surface area contributed by atoms with Crippen molar-refractivity contribution < 1.29 is 0 Å². The van der Waals surface area contributed by atoms with Crippen molar-refractivity contribution in [2.75, 3.05) is 0 Å². The molecule has 3 nitrogen and oxygen atoms in total. The van der Waals surface area contributed by atoms with Gasteiger partial charge in [-0.2, -0.15) is 0 Å². The highest BCUT2D eigenvalue weighted by molar-refractivity contribution is 7.13. The number of thiophene rings is 1. The maximum Gasteiger partial charge on any atom is 0.148 e. The van der Waals surface area contributed by atoms with E-state index in [1.54, 1.807) is 17.5 Å². The van der Waals surface area contributed by atoms with Crippen molar-refractivity contribution in [3.63, 3.8) is 0 Å². The van der Waals surface area contributed by atoms with Crippen molar-refractivity contribution in [2.45, 2.75) is 13.3 Å². The van der Waals surface area contributed by atoms with Crippen molar-refractivity contribution in [3.05, 3.63) is 47.7 Å². The van der Waals surface area contributed by atoms with Gasteiger partial charge in [-0.25, -0.2) is 4.98 Å². The summed E-state index contributed by atoms with van der Waals surface area (Å²) >= 11 is 1.69. The van der Waals surface area contributed by atoms with Crippen molar-refractivity contribution in [1.29, 1.82) is 0 Å². The molecule has 0 spiro atoms. The molecule has 4 heteroatoms. The molecule has 3 rings (SSSR count). The van der Waals surface area contributed by atoms with Gasteiger partial charge >= 0.3 is 0 Å². The number of nitrogens with one attached hydrogen (secondary N) is 1. The van der Waals surface area contributed by atoms with Crippen LogP contribution in [0, 0.1) is 0 Å². The topological polar surface area (TPSA) is 41.6 Å². The summed E-state index contributed by atoms with van der Waals surface area (Å²) in [7, 11) is 0. The molecule has 0 aromatic carbocycles. The van der Waals surface area contributed by atoms with Crippen LogP contribution in [0.3, 0.4) is 0 Å². The average Bonchev–Trinajstić information content (AvgIpc) is 3.08. The summed E-state index contributed by atoms with van der Waals surface area (Å²) in [6.45, 7) is 2.13. The van der Waals surface area contributed by atoms with Gasteiger partial charge in [0.1, 0.15) is 5.82 Å².